The minimum atomic E-state index is -1.87. The van der Waals surface area contributed by atoms with E-state index in [2.05, 4.69) is 0 Å². The van der Waals surface area contributed by atoms with E-state index in [9.17, 15) is 17.6 Å². The number of hydrogen-bond donors (Lipinski definition) is 0. The zero-order valence-corrected chi connectivity index (χ0v) is 8.50. The molecular formula is C10H10F4O. The van der Waals surface area contributed by atoms with Crippen LogP contribution in [0.4, 0.5) is 17.6 Å². The van der Waals surface area contributed by atoms with Crippen molar-refractivity contribution in [2.75, 3.05) is 0 Å². The first kappa shape index (κ1) is 11.8. The molecule has 0 radical (unpaired) electrons. The molecule has 0 saturated carbocycles. The Labute approximate surface area is 84.7 Å². The van der Waals surface area contributed by atoms with Gasteiger partial charge in [-0.05, 0) is 20.8 Å². The van der Waals surface area contributed by atoms with Crippen LogP contribution in [-0.2, 0) is 0 Å². The highest BCUT2D eigenvalue weighted by atomic mass is 19.2. The van der Waals surface area contributed by atoms with E-state index in [4.69, 9.17) is 4.74 Å². The second-order valence-electron chi connectivity index (χ2n) is 4.01. The van der Waals surface area contributed by atoms with E-state index in [1.807, 2.05) is 0 Å². The molecule has 1 nitrogen and oxygen atoms in total. The molecule has 15 heavy (non-hydrogen) atoms. The van der Waals surface area contributed by atoms with Crippen LogP contribution in [0.1, 0.15) is 20.8 Å². The minimum absolute atomic E-state index is 0.485. The van der Waals surface area contributed by atoms with Crippen LogP contribution >= 0.6 is 0 Å². The maximum Gasteiger partial charge on any atom is 0.203 e. The van der Waals surface area contributed by atoms with E-state index in [1.54, 1.807) is 20.8 Å². The molecule has 0 N–H and O–H groups in total. The number of benzene rings is 1. The van der Waals surface area contributed by atoms with Crippen molar-refractivity contribution in [3.8, 4) is 5.75 Å². The second kappa shape index (κ2) is 3.72. The van der Waals surface area contributed by atoms with E-state index in [1.165, 1.54) is 0 Å². The SMILES string of the molecule is CC(C)(C)Oc1cc(F)c(F)c(F)c1F. The van der Waals surface area contributed by atoms with Gasteiger partial charge in [-0.25, -0.2) is 13.2 Å². The van der Waals surface area contributed by atoms with E-state index in [0.29, 0.717) is 6.07 Å². The maximum atomic E-state index is 13.1. The smallest absolute Gasteiger partial charge is 0.203 e. The summed E-state index contributed by atoms with van der Waals surface area (Å²) in [6.07, 6.45) is 0. The van der Waals surface area contributed by atoms with Gasteiger partial charge in [-0.2, -0.15) is 4.39 Å². The van der Waals surface area contributed by atoms with Gasteiger partial charge in [0.25, 0.3) is 0 Å². The number of rotatable bonds is 1. The van der Waals surface area contributed by atoms with Crippen LogP contribution in [0.25, 0.3) is 0 Å². The summed E-state index contributed by atoms with van der Waals surface area (Å²) < 4.78 is 56.0. The van der Waals surface area contributed by atoms with Crippen LogP contribution in [-0.4, -0.2) is 5.60 Å². The predicted molar refractivity (Wildman–Crippen MR) is 46.7 cm³/mol. The maximum absolute atomic E-state index is 13.1. The lowest BCUT2D eigenvalue weighted by Crippen LogP contribution is -2.24. The Morgan fingerprint density at radius 1 is 0.933 bits per heavy atom. The van der Waals surface area contributed by atoms with Crippen LogP contribution in [0, 0.1) is 23.3 Å². The molecular weight excluding hydrogens is 212 g/mol. The van der Waals surface area contributed by atoms with Gasteiger partial charge in [0, 0.05) is 6.07 Å². The Balaban J connectivity index is 3.21. The summed E-state index contributed by atoms with van der Waals surface area (Å²) in [7, 11) is 0. The number of ether oxygens (including phenoxy) is 1. The molecule has 0 bridgehead atoms. The molecule has 1 aromatic rings. The summed E-state index contributed by atoms with van der Waals surface area (Å²) in [6.45, 7) is 4.73. The molecule has 0 aliphatic carbocycles. The molecule has 0 spiro atoms. The summed E-state index contributed by atoms with van der Waals surface area (Å²) >= 11 is 0. The van der Waals surface area contributed by atoms with Crippen molar-refractivity contribution in [3.63, 3.8) is 0 Å². The number of hydrogen-bond acceptors (Lipinski definition) is 1. The molecule has 1 rings (SSSR count). The van der Waals surface area contributed by atoms with Gasteiger partial charge in [0.15, 0.2) is 17.4 Å². The van der Waals surface area contributed by atoms with Crippen LogP contribution in [0.15, 0.2) is 6.07 Å². The van der Waals surface area contributed by atoms with Crippen molar-refractivity contribution >= 4 is 0 Å². The second-order valence-corrected chi connectivity index (χ2v) is 4.01. The zero-order chi connectivity index (χ0) is 11.8. The molecule has 1 aromatic carbocycles. The van der Waals surface area contributed by atoms with Crippen LogP contribution in [0.3, 0.4) is 0 Å². The van der Waals surface area contributed by atoms with E-state index in [-0.39, 0.29) is 0 Å². The largest absolute Gasteiger partial charge is 0.485 e. The van der Waals surface area contributed by atoms with E-state index >= 15 is 0 Å². The lowest BCUT2D eigenvalue weighted by molar-refractivity contribution is 0.121. The molecule has 0 aliphatic heterocycles. The molecule has 0 heterocycles. The molecule has 0 amide bonds. The van der Waals surface area contributed by atoms with Crippen LogP contribution in [0.2, 0.25) is 0 Å². The van der Waals surface area contributed by atoms with Crippen molar-refractivity contribution in [1.29, 1.82) is 0 Å². The monoisotopic (exact) mass is 222 g/mol. The standard InChI is InChI=1S/C10H10F4O/c1-10(2,3)15-6-4-5(11)7(12)9(14)8(6)13/h4H,1-3H3. The fraction of sp³-hybridized carbons (Fsp3) is 0.400. The van der Waals surface area contributed by atoms with Crippen molar-refractivity contribution in [2.24, 2.45) is 0 Å². The summed E-state index contributed by atoms with van der Waals surface area (Å²) in [4.78, 5) is 0. The summed E-state index contributed by atoms with van der Waals surface area (Å²) in [5.74, 6) is -7.35. The normalized spacial score (nSPS) is 11.7. The average molecular weight is 222 g/mol. The third-order valence-corrected chi connectivity index (χ3v) is 1.49. The van der Waals surface area contributed by atoms with E-state index < -0.39 is 34.6 Å². The topological polar surface area (TPSA) is 9.23 Å². The first-order valence-corrected chi connectivity index (χ1v) is 4.24. The van der Waals surface area contributed by atoms with Gasteiger partial charge in [-0.3, -0.25) is 0 Å². The first-order valence-electron chi connectivity index (χ1n) is 4.24. The quantitative estimate of drug-likeness (QED) is 0.402. The Hall–Kier alpha value is -1.26. The lowest BCUT2D eigenvalue weighted by Gasteiger charge is -2.21. The zero-order valence-electron chi connectivity index (χ0n) is 8.50. The van der Waals surface area contributed by atoms with Gasteiger partial charge in [-0.15, -0.1) is 0 Å². The Kier molecular flexibility index (Phi) is 2.93. The summed E-state index contributed by atoms with van der Waals surface area (Å²) in [5.41, 5.74) is -0.822. The summed E-state index contributed by atoms with van der Waals surface area (Å²) in [6, 6.07) is 0.485. The highest BCUT2D eigenvalue weighted by Crippen LogP contribution is 2.27. The van der Waals surface area contributed by atoms with Crippen molar-refractivity contribution in [1.82, 2.24) is 0 Å². The Morgan fingerprint density at radius 3 is 1.93 bits per heavy atom. The van der Waals surface area contributed by atoms with Gasteiger partial charge in [0.05, 0.1) is 0 Å². The number of halogens is 4. The molecule has 0 atom stereocenters. The van der Waals surface area contributed by atoms with Crippen LogP contribution < -0.4 is 4.74 Å². The average Bonchev–Trinajstić information content (AvgIpc) is 2.08. The van der Waals surface area contributed by atoms with Crippen molar-refractivity contribution in [2.45, 2.75) is 26.4 Å². The first-order chi connectivity index (χ1) is 6.72. The summed E-state index contributed by atoms with van der Waals surface area (Å²) in [5, 5.41) is 0. The molecule has 0 saturated heterocycles. The third kappa shape index (κ3) is 2.61. The van der Waals surface area contributed by atoms with Gasteiger partial charge in [0.1, 0.15) is 5.60 Å². The van der Waals surface area contributed by atoms with Crippen molar-refractivity contribution in [3.05, 3.63) is 29.3 Å². The fourth-order valence-electron chi connectivity index (χ4n) is 0.955. The molecule has 0 unspecified atom stereocenters. The van der Waals surface area contributed by atoms with Gasteiger partial charge >= 0.3 is 0 Å². The predicted octanol–water partition coefficient (Wildman–Crippen LogP) is 3.42. The molecule has 0 aromatic heterocycles. The van der Waals surface area contributed by atoms with Gasteiger partial charge < -0.3 is 4.74 Å². The lowest BCUT2D eigenvalue weighted by atomic mass is 10.2. The molecule has 0 fully saturated rings. The molecule has 5 heteroatoms. The highest BCUT2D eigenvalue weighted by Gasteiger charge is 2.23. The van der Waals surface area contributed by atoms with Gasteiger partial charge in [0.2, 0.25) is 11.6 Å². The fourth-order valence-corrected chi connectivity index (χ4v) is 0.955. The van der Waals surface area contributed by atoms with Crippen molar-refractivity contribution < 1.29 is 22.3 Å². The molecule has 84 valence electrons. The third-order valence-electron chi connectivity index (χ3n) is 1.49. The van der Waals surface area contributed by atoms with Crippen LogP contribution in [0.5, 0.6) is 5.75 Å². The molecule has 0 aliphatic rings. The Morgan fingerprint density at radius 2 is 1.47 bits per heavy atom. The Bertz CT molecular complexity index is 382. The highest BCUT2D eigenvalue weighted by molar-refractivity contribution is 5.28. The minimum Gasteiger partial charge on any atom is -0.485 e. The van der Waals surface area contributed by atoms with Gasteiger partial charge in [-0.1, -0.05) is 0 Å². The van der Waals surface area contributed by atoms with E-state index in [0.717, 1.165) is 0 Å².